The molecule has 0 radical (unpaired) electrons. The Morgan fingerprint density at radius 3 is 2.60 bits per heavy atom. The Kier molecular flexibility index (Phi) is 6.10. The molecule has 142 valence electrons. The molecule has 1 aromatic carbocycles. The molecule has 0 unspecified atom stereocenters. The zero-order chi connectivity index (χ0) is 18.8. The third-order valence-corrected chi connectivity index (χ3v) is 7.81. The van der Waals surface area contributed by atoms with Gasteiger partial charge in [0.25, 0.3) is 0 Å². The van der Waals surface area contributed by atoms with Gasteiger partial charge in [-0.05, 0) is 31.0 Å². The Bertz CT molecular complexity index is 820. The van der Waals surface area contributed by atoms with Crippen LogP contribution in [0.3, 0.4) is 0 Å². The molecule has 1 heterocycles. The van der Waals surface area contributed by atoms with Crippen molar-refractivity contribution in [1.82, 2.24) is 4.31 Å². The third kappa shape index (κ3) is 4.50. The molecule has 0 amide bonds. The van der Waals surface area contributed by atoms with Crippen LogP contribution in [0.2, 0.25) is 0 Å². The Morgan fingerprint density at radius 1 is 1.40 bits per heavy atom. The molecule has 1 saturated heterocycles. The van der Waals surface area contributed by atoms with Gasteiger partial charge in [-0.2, -0.15) is 4.31 Å². The molecule has 2 rings (SSSR count). The highest BCUT2D eigenvalue weighted by atomic mass is 32.2. The lowest BCUT2D eigenvalue weighted by atomic mass is 10.2. The highest BCUT2D eigenvalue weighted by Gasteiger charge is 2.40. The number of aliphatic hydroxyl groups is 2. The summed E-state index contributed by atoms with van der Waals surface area (Å²) in [5, 5.41) is 18.9. The molecular weight excluding hydrogens is 370 g/mol. The summed E-state index contributed by atoms with van der Waals surface area (Å²) in [6.45, 7) is 0.706. The fourth-order valence-electron chi connectivity index (χ4n) is 2.82. The second kappa shape index (κ2) is 7.58. The number of aryl methyl sites for hydroxylation is 1. The number of hydrogen-bond acceptors (Lipinski definition) is 7. The van der Waals surface area contributed by atoms with E-state index >= 15 is 0 Å². The van der Waals surface area contributed by atoms with Gasteiger partial charge >= 0.3 is 0 Å². The van der Waals surface area contributed by atoms with Crippen LogP contribution in [0.1, 0.15) is 12.0 Å². The molecule has 0 spiro atoms. The van der Waals surface area contributed by atoms with Crippen molar-refractivity contribution in [2.24, 2.45) is 0 Å². The van der Waals surface area contributed by atoms with E-state index in [1.807, 2.05) is 0 Å². The van der Waals surface area contributed by atoms with Gasteiger partial charge in [-0.3, -0.25) is 0 Å². The van der Waals surface area contributed by atoms with E-state index in [1.54, 1.807) is 13.0 Å². The maximum atomic E-state index is 13.2. The number of methoxy groups -OCH3 is 1. The quantitative estimate of drug-likeness (QED) is 0.642. The molecule has 2 N–H and O–H groups in total. The van der Waals surface area contributed by atoms with Gasteiger partial charge < -0.3 is 14.9 Å². The maximum absolute atomic E-state index is 13.2. The summed E-state index contributed by atoms with van der Waals surface area (Å²) >= 11 is 0. The molecule has 2 atom stereocenters. The van der Waals surface area contributed by atoms with E-state index in [0.29, 0.717) is 5.56 Å². The third-order valence-electron chi connectivity index (χ3n) is 4.12. The largest absolute Gasteiger partial charge is 0.495 e. The van der Waals surface area contributed by atoms with E-state index in [4.69, 9.17) is 9.84 Å². The zero-order valence-electron chi connectivity index (χ0n) is 14.1. The second-order valence-electron chi connectivity index (χ2n) is 6.12. The van der Waals surface area contributed by atoms with Crippen LogP contribution in [-0.4, -0.2) is 75.3 Å². The van der Waals surface area contributed by atoms with Crippen LogP contribution in [0.4, 0.5) is 0 Å². The first-order chi connectivity index (χ1) is 11.6. The van der Waals surface area contributed by atoms with E-state index in [1.165, 1.54) is 19.2 Å². The molecule has 0 aromatic heterocycles. The predicted molar refractivity (Wildman–Crippen MR) is 91.8 cm³/mol. The van der Waals surface area contributed by atoms with Crippen molar-refractivity contribution in [3.63, 3.8) is 0 Å². The fraction of sp³-hybridized carbons (Fsp3) is 0.600. The predicted octanol–water partition coefficient (Wildman–Crippen LogP) is -0.465. The van der Waals surface area contributed by atoms with E-state index in [0.717, 1.165) is 4.31 Å². The van der Waals surface area contributed by atoms with Crippen molar-refractivity contribution in [2.45, 2.75) is 30.4 Å². The molecule has 1 fully saturated rings. The highest BCUT2D eigenvalue weighted by molar-refractivity contribution is 7.92. The molecule has 1 aliphatic heterocycles. The standard InChI is InChI=1S/C15H23NO7S2/c1-11-3-4-14(23-2)15(7-11)25(21,22)16(8-13(18)9-17)12-5-6-24(19,20)10-12/h3-4,7,12-13,17-18H,5-6,8-10H2,1-2H3/t12-,13-/m0/s1. The lowest BCUT2D eigenvalue weighted by Gasteiger charge is -2.29. The Labute approximate surface area is 148 Å². The summed E-state index contributed by atoms with van der Waals surface area (Å²) in [6, 6.07) is 3.87. The van der Waals surface area contributed by atoms with E-state index < -0.39 is 45.2 Å². The lowest BCUT2D eigenvalue weighted by molar-refractivity contribution is 0.0729. The van der Waals surface area contributed by atoms with Crippen LogP contribution in [0.5, 0.6) is 5.75 Å². The number of sulfone groups is 1. The van der Waals surface area contributed by atoms with Gasteiger partial charge in [-0.25, -0.2) is 16.8 Å². The van der Waals surface area contributed by atoms with Crippen molar-refractivity contribution >= 4 is 19.9 Å². The topological polar surface area (TPSA) is 121 Å². The molecule has 10 heteroatoms. The van der Waals surface area contributed by atoms with Crippen LogP contribution in [0, 0.1) is 6.92 Å². The SMILES string of the molecule is COc1ccc(C)cc1S(=O)(=O)N(C[C@H](O)CO)[C@H]1CCS(=O)(=O)C1. The van der Waals surface area contributed by atoms with Gasteiger partial charge in [-0.15, -0.1) is 0 Å². The molecule has 8 nitrogen and oxygen atoms in total. The second-order valence-corrected chi connectivity index (χ2v) is 10.2. The Balaban J connectivity index is 2.50. The Morgan fingerprint density at radius 2 is 2.08 bits per heavy atom. The first kappa shape index (κ1) is 20.1. The molecule has 0 aliphatic carbocycles. The fourth-order valence-corrected chi connectivity index (χ4v) is 6.58. The normalized spacial score (nSPS) is 21.4. The number of aliphatic hydroxyl groups excluding tert-OH is 2. The summed E-state index contributed by atoms with van der Waals surface area (Å²) in [5.41, 5.74) is 0.695. The summed E-state index contributed by atoms with van der Waals surface area (Å²) in [4.78, 5) is -0.0931. The van der Waals surface area contributed by atoms with Crippen LogP contribution in [-0.2, 0) is 19.9 Å². The van der Waals surface area contributed by atoms with Crippen molar-refractivity contribution in [1.29, 1.82) is 0 Å². The van der Waals surface area contributed by atoms with Crippen LogP contribution in [0.25, 0.3) is 0 Å². The number of sulfonamides is 1. The number of nitrogens with zero attached hydrogens (tertiary/aromatic N) is 1. The summed E-state index contributed by atoms with van der Waals surface area (Å²) in [7, 11) is -6.12. The van der Waals surface area contributed by atoms with Crippen LogP contribution >= 0.6 is 0 Å². The van der Waals surface area contributed by atoms with E-state index in [9.17, 15) is 21.9 Å². The molecule has 1 aliphatic rings. The van der Waals surface area contributed by atoms with Gasteiger partial charge in [0, 0.05) is 12.6 Å². The van der Waals surface area contributed by atoms with Crippen molar-refractivity contribution < 1.29 is 31.8 Å². The van der Waals surface area contributed by atoms with Crippen molar-refractivity contribution in [3.8, 4) is 5.75 Å². The molecule has 1 aromatic rings. The molecular formula is C15H23NO7S2. The van der Waals surface area contributed by atoms with Gasteiger partial charge in [0.05, 0.1) is 31.3 Å². The lowest BCUT2D eigenvalue weighted by Crippen LogP contribution is -2.46. The number of ether oxygens (including phenoxy) is 1. The molecule has 0 saturated carbocycles. The van der Waals surface area contributed by atoms with Crippen molar-refractivity contribution in [2.75, 3.05) is 31.8 Å². The highest BCUT2D eigenvalue weighted by Crippen LogP contribution is 2.31. The van der Waals surface area contributed by atoms with Gasteiger partial charge in [0.1, 0.15) is 10.6 Å². The van der Waals surface area contributed by atoms with Crippen LogP contribution < -0.4 is 4.74 Å². The average Bonchev–Trinajstić information content (AvgIpc) is 2.91. The number of rotatable bonds is 7. The Hall–Kier alpha value is -1.20. The maximum Gasteiger partial charge on any atom is 0.247 e. The van der Waals surface area contributed by atoms with Gasteiger partial charge in [-0.1, -0.05) is 6.07 Å². The van der Waals surface area contributed by atoms with E-state index in [2.05, 4.69) is 0 Å². The van der Waals surface area contributed by atoms with Gasteiger partial charge in [0.15, 0.2) is 9.84 Å². The molecule has 0 bridgehead atoms. The number of hydrogen-bond donors (Lipinski definition) is 2. The zero-order valence-corrected chi connectivity index (χ0v) is 15.8. The van der Waals surface area contributed by atoms with E-state index in [-0.39, 0.29) is 28.6 Å². The smallest absolute Gasteiger partial charge is 0.247 e. The average molecular weight is 393 g/mol. The minimum Gasteiger partial charge on any atom is -0.495 e. The summed E-state index contributed by atoms with van der Waals surface area (Å²) < 4.78 is 56.0. The summed E-state index contributed by atoms with van der Waals surface area (Å²) in [6.07, 6.45) is -1.16. The number of benzene rings is 1. The first-order valence-corrected chi connectivity index (χ1v) is 11.0. The first-order valence-electron chi connectivity index (χ1n) is 7.76. The summed E-state index contributed by atoms with van der Waals surface area (Å²) in [5.74, 6) is -0.280. The minimum absolute atomic E-state index is 0.0931. The van der Waals surface area contributed by atoms with Gasteiger partial charge in [0.2, 0.25) is 10.0 Å². The monoisotopic (exact) mass is 393 g/mol. The molecule has 25 heavy (non-hydrogen) atoms. The van der Waals surface area contributed by atoms with Crippen LogP contribution in [0.15, 0.2) is 23.1 Å². The minimum atomic E-state index is -4.13. The van der Waals surface area contributed by atoms with Crippen molar-refractivity contribution in [3.05, 3.63) is 23.8 Å².